The topological polar surface area (TPSA) is 68.1 Å². The summed E-state index contributed by atoms with van der Waals surface area (Å²) in [7, 11) is 1.67. The van der Waals surface area contributed by atoms with E-state index < -0.39 is 0 Å². The van der Waals surface area contributed by atoms with Gasteiger partial charge in [-0.2, -0.15) is 0 Å². The highest BCUT2D eigenvalue weighted by molar-refractivity contribution is 7.17. The van der Waals surface area contributed by atoms with Gasteiger partial charge in [-0.3, -0.25) is 4.79 Å². The molecule has 0 saturated heterocycles. The van der Waals surface area contributed by atoms with Gasteiger partial charge in [-0.15, -0.1) is 23.7 Å². The molecule has 140 valence electrons. The smallest absolute Gasteiger partial charge is 0.266 e. The third-order valence-electron chi connectivity index (χ3n) is 4.84. The summed E-state index contributed by atoms with van der Waals surface area (Å²) < 4.78 is 6.38. The number of fused-ring (bicyclic) bond motifs is 3. The molecule has 2 aromatic heterocycles. The van der Waals surface area contributed by atoms with Crippen molar-refractivity contribution < 1.29 is 4.74 Å². The molecular weight excluding hydrogens is 380 g/mol. The van der Waals surface area contributed by atoms with Crippen LogP contribution in [0.3, 0.4) is 0 Å². The van der Waals surface area contributed by atoms with E-state index in [4.69, 9.17) is 10.5 Å². The first-order valence-corrected chi connectivity index (χ1v) is 9.48. The zero-order valence-corrected chi connectivity index (χ0v) is 16.7. The van der Waals surface area contributed by atoms with Crippen molar-refractivity contribution in [2.75, 3.05) is 7.11 Å². The highest BCUT2D eigenvalue weighted by atomic mass is 35.5. The molecule has 4 rings (SSSR count). The number of hydrogen-bond acceptors (Lipinski definition) is 4. The van der Waals surface area contributed by atoms with Crippen molar-refractivity contribution in [1.29, 1.82) is 0 Å². The molecule has 0 saturated carbocycles. The van der Waals surface area contributed by atoms with Gasteiger partial charge >= 0.3 is 0 Å². The van der Waals surface area contributed by atoms with Crippen molar-refractivity contribution in [3.8, 4) is 16.9 Å². The van der Waals surface area contributed by atoms with E-state index in [9.17, 15) is 4.79 Å². The van der Waals surface area contributed by atoms with E-state index in [0.29, 0.717) is 0 Å². The summed E-state index contributed by atoms with van der Waals surface area (Å²) in [5.41, 5.74) is 10.0. The van der Waals surface area contributed by atoms with Crippen LogP contribution in [0.1, 0.15) is 24.9 Å². The molecule has 1 atom stereocenters. The maximum atomic E-state index is 12.3. The number of halogens is 1. The number of rotatable bonds is 4. The first-order valence-electron chi connectivity index (χ1n) is 8.60. The Hall–Kier alpha value is -2.34. The van der Waals surface area contributed by atoms with Crippen LogP contribution in [0.5, 0.6) is 5.75 Å². The highest BCUT2D eigenvalue weighted by Gasteiger charge is 2.16. The second-order valence-corrected chi connectivity index (χ2v) is 7.24. The van der Waals surface area contributed by atoms with E-state index in [1.165, 1.54) is 11.3 Å². The number of benzene rings is 2. The molecule has 0 bridgehead atoms. The molecule has 0 aliphatic heterocycles. The minimum Gasteiger partial charge on any atom is -0.496 e. The predicted molar refractivity (Wildman–Crippen MR) is 116 cm³/mol. The fraction of sp³-hybridized carbons (Fsp3) is 0.190. The largest absolute Gasteiger partial charge is 0.496 e. The van der Waals surface area contributed by atoms with Gasteiger partial charge in [0.1, 0.15) is 10.4 Å². The number of thiophene rings is 1. The van der Waals surface area contributed by atoms with E-state index in [1.807, 2.05) is 23.6 Å². The number of nitrogens with one attached hydrogen (secondary N) is 1. The van der Waals surface area contributed by atoms with Crippen molar-refractivity contribution in [3.05, 3.63) is 63.8 Å². The van der Waals surface area contributed by atoms with E-state index in [2.05, 4.69) is 36.2 Å². The molecule has 2 heterocycles. The molecule has 0 unspecified atom stereocenters. The van der Waals surface area contributed by atoms with Crippen LogP contribution < -0.4 is 16.0 Å². The summed E-state index contributed by atoms with van der Waals surface area (Å²) in [6, 6.07) is 14.1. The van der Waals surface area contributed by atoms with Crippen LogP contribution in [0.4, 0.5) is 0 Å². The Morgan fingerprint density at radius 2 is 1.89 bits per heavy atom. The molecule has 2 aromatic carbocycles. The van der Waals surface area contributed by atoms with E-state index >= 15 is 0 Å². The Balaban J connectivity index is 0.00000210. The first kappa shape index (κ1) is 19.4. The van der Waals surface area contributed by atoms with Crippen molar-refractivity contribution >= 4 is 44.7 Å². The summed E-state index contributed by atoms with van der Waals surface area (Å²) in [5.74, 6) is 0.782. The summed E-state index contributed by atoms with van der Waals surface area (Å²) in [4.78, 5) is 15.3. The number of nitrogens with two attached hydrogens (primary N) is 1. The number of hydrogen-bond donors (Lipinski definition) is 2. The Labute approximate surface area is 167 Å². The zero-order valence-electron chi connectivity index (χ0n) is 15.1. The zero-order chi connectivity index (χ0) is 18.3. The van der Waals surface area contributed by atoms with Crippen molar-refractivity contribution in [2.24, 2.45) is 5.73 Å². The molecule has 4 aromatic rings. The van der Waals surface area contributed by atoms with Crippen LogP contribution >= 0.6 is 23.7 Å². The molecule has 0 aliphatic carbocycles. The van der Waals surface area contributed by atoms with Gasteiger partial charge < -0.3 is 15.5 Å². The molecule has 6 heteroatoms. The number of H-pyrrole nitrogens is 1. The standard InChI is InChI=1S/C21H20N2O2S.ClH/c1-3-15(22)12-4-6-13(7-5-12)18-17(25-2)9-8-16-19(18)14-10-11-26-20(14)21(24)23-16;/h4-11,15H,3,22H2,1-2H3,(H,23,24);1H/t15-;/m0./s1. The lowest BCUT2D eigenvalue weighted by Crippen LogP contribution is -2.08. The Kier molecular flexibility index (Phi) is 5.56. The molecule has 0 aliphatic rings. The lowest BCUT2D eigenvalue weighted by Gasteiger charge is -2.15. The Morgan fingerprint density at radius 1 is 1.15 bits per heavy atom. The lowest BCUT2D eigenvalue weighted by molar-refractivity contribution is 0.417. The molecule has 27 heavy (non-hydrogen) atoms. The average molecular weight is 401 g/mol. The molecule has 0 fully saturated rings. The van der Waals surface area contributed by atoms with Gasteiger partial charge in [0.2, 0.25) is 0 Å². The number of methoxy groups -OCH3 is 1. The molecule has 0 spiro atoms. The Bertz CT molecular complexity index is 1150. The maximum absolute atomic E-state index is 12.3. The number of aromatic nitrogens is 1. The van der Waals surface area contributed by atoms with Crippen molar-refractivity contribution in [1.82, 2.24) is 4.98 Å². The van der Waals surface area contributed by atoms with Crippen LogP contribution in [-0.4, -0.2) is 12.1 Å². The van der Waals surface area contributed by atoms with Gasteiger partial charge in [0, 0.05) is 27.9 Å². The molecule has 0 radical (unpaired) electrons. The average Bonchev–Trinajstić information content (AvgIpc) is 3.17. The monoisotopic (exact) mass is 400 g/mol. The summed E-state index contributed by atoms with van der Waals surface area (Å²) in [5, 5.41) is 3.91. The number of aromatic amines is 1. The predicted octanol–water partition coefficient (Wildman–Crippen LogP) is 5.25. The van der Waals surface area contributed by atoms with Crippen molar-refractivity contribution in [3.63, 3.8) is 0 Å². The second kappa shape index (κ2) is 7.72. The van der Waals surface area contributed by atoms with E-state index in [1.54, 1.807) is 7.11 Å². The van der Waals surface area contributed by atoms with Gasteiger partial charge in [-0.05, 0) is 41.1 Å². The SMILES string of the molecule is CC[C@H](N)c1ccc(-c2c(OC)ccc3[nH]c(=O)c4sccc4c23)cc1.Cl. The van der Waals surface area contributed by atoms with Crippen LogP contribution in [0.25, 0.3) is 32.1 Å². The van der Waals surface area contributed by atoms with Crippen LogP contribution in [0.15, 0.2) is 52.6 Å². The van der Waals surface area contributed by atoms with Crippen molar-refractivity contribution in [2.45, 2.75) is 19.4 Å². The van der Waals surface area contributed by atoms with Crippen LogP contribution in [0.2, 0.25) is 0 Å². The number of pyridine rings is 1. The van der Waals surface area contributed by atoms with Gasteiger partial charge in [0.05, 0.1) is 7.11 Å². The van der Waals surface area contributed by atoms with Gasteiger partial charge in [-0.25, -0.2) is 0 Å². The van der Waals surface area contributed by atoms with Gasteiger partial charge in [0.25, 0.3) is 5.56 Å². The van der Waals surface area contributed by atoms with E-state index in [0.717, 1.165) is 49.8 Å². The summed E-state index contributed by atoms with van der Waals surface area (Å²) >= 11 is 1.45. The van der Waals surface area contributed by atoms with Gasteiger partial charge in [0.15, 0.2) is 0 Å². The highest BCUT2D eigenvalue weighted by Crippen LogP contribution is 2.40. The molecular formula is C21H21ClN2O2S. The molecule has 4 nitrogen and oxygen atoms in total. The lowest BCUT2D eigenvalue weighted by atomic mass is 9.95. The number of ether oxygens (including phenoxy) is 1. The first-order chi connectivity index (χ1) is 12.6. The second-order valence-electron chi connectivity index (χ2n) is 6.32. The Morgan fingerprint density at radius 3 is 2.56 bits per heavy atom. The summed E-state index contributed by atoms with van der Waals surface area (Å²) in [6.07, 6.45) is 0.897. The fourth-order valence-corrected chi connectivity index (χ4v) is 4.21. The van der Waals surface area contributed by atoms with Crippen LogP contribution in [-0.2, 0) is 0 Å². The normalized spacial score (nSPS) is 12.1. The maximum Gasteiger partial charge on any atom is 0.266 e. The summed E-state index contributed by atoms with van der Waals surface area (Å²) in [6.45, 7) is 2.08. The quantitative estimate of drug-likeness (QED) is 0.491. The third-order valence-corrected chi connectivity index (χ3v) is 5.76. The fourth-order valence-electron chi connectivity index (χ4n) is 3.42. The minimum absolute atomic E-state index is 0. The van der Waals surface area contributed by atoms with Crippen LogP contribution in [0, 0.1) is 0 Å². The minimum atomic E-state index is -0.0529. The van der Waals surface area contributed by atoms with Gasteiger partial charge in [-0.1, -0.05) is 31.2 Å². The molecule has 0 amide bonds. The molecule has 3 N–H and O–H groups in total. The third kappa shape index (κ3) is 3.23. The van der Waals surface area contributed by atoms with E-state index in [-0.39, 0.29) is 24.0 Å².